The number of hydrogen-bond acceptors (Lipinski definition) is 7. The van der Waals surface area contributed by atoms with Crippen LogP contribution in [0.5, 0.6) is 11.5 Å². The second-order valence-corrected chi connectivity index (χ2v) is 9.06. The second-order valence-electron chi connectivity index (χ2n) is 5.74. The van der Waals surface area contributed by atoms with Gasteiger partial charge in [-0.2, -0.15) is 0 Å². The van der Waals surface area contributed by atoms with Crippen molar-refractivity contribution in [3.8, 4) is 11.5 Å². The third-order valence-corrected chi connectivity index (χ3v) is 6.57. The highest BCUT2D eigenvalue weighted by atomic mass is 32.2. The third-order valence-electron chi connectivity index (χ3n) is 3.92. The minimum atomic E-state index is -3.25. The maximum Gasteiger partial charge on any atom is 0.256 e. The van der Waals surface area contributed by atoms with Crippen LogP contribution in [0.25, 0.3) is 11.1 Å². The molecule has 8 heteroatoms. The summed E-state index contributed by atoms with van der Waals surface area (Å²) in [6.07, 6.45) is 0.824. The molecular weight excluding hydrogens is 386 g/mol. The third kappa shape index (κ3) is 4.95. The summed E-state index contributed by atoms with van der Waals surface area (Å²) in [5, 5.41) is 0.528. The first-order chi connectivity index (χ1) is 13.0. The van der Waals surface area contributed by atoms with E-state index in [1.165, 1.54) is 11.8 Å². The fourth-order valence-electron chi connectivity index (χ4n) is 2.39. The smallest absolute Gasteiger partial charge is 0.256 e. The molecule has 1 aromatic heterocycles. The van der Waals surface area contributed by atoms with Gasteiger partial charge in [0.1, 0.15) is 17.0 Å². The first-order valence-electron chi connectivity index (χ1n) is 8.55. The summed E-state index contributed by atoms with van der Waals surface area (Å²) in [6, 6.07) is 12.2. The fourth-order valence-corrected chi connectivity index (χ4v) is 4.04. The molecule has 3 rings (SSSR count). The zero-order valence-corrected chi connectivity index (χ0v) is 16.8. The number of fused-ring (bicyclic) bond motifs is 1. The molecule has 0 bridgehead atoms. The zero-order chi connectivity index (χ0) is 19.3. The molecule has 0 radical (unpaired) electrons. The van der Waals surface area contributed by atoms with Crippen molar-refractivity contribution in [2.75, 3.05) is 25.2 Å². The van der Waals surface area contributed by atoms with Crippen molar-refractivity contribution in [3.63, 3.8) is 0 Å². The molecule has 27 heavy (non-hydrogen) atoms. The Kier molecular flexibility index (Phi) is 6.28. The number of nitrogens with zero attached hydrogens (tertiary/aromatic N) is 1. The van der Waals surface area contributed by atoms with Crippen molar-refractivity contribution in [2.24, 2.45) is 0 Å². The first-order valence-corrected chi connectivity index (χ1v) is 11.2. The molecule has 0 aliphatic rings. The number of benzene rings is 2. The van der Waals surface area contributed by atoms with E-state index in [1.807, 2.05) is 24.3 Å². The zero-order valence-electron chi connectivity index (χ0n) is 15.2. The Labute approximate surface area is 162 Å². The van der Waals surface area contributed by atoms with E-state index in [-0.39, 0.29) is 10.6 Å². The van der Waals surface area contributed by atoms with Gasteiger partial charge in [0.05, 0.1) is 24.4 Å². The van der Waals surface area contributed by atoms with E-state index in [9.17, 15) is 8.42 Å². The molecule has 0 atom stereocenters. The Morgan fingerprint density at radius 3 is 2.56 bits per heavy atom. The van der Waals surface area contributed by atoms with Gasteiger partial charge in [-0.05, 0) is 48.9 Å². The molecule has 0 saturated carbocycles. The van der Waals surface area contributed by atoms with Gasteiger partial charge in [-0.1, -0.05) is 18.7 Å². The normalized spacial score (nSPS) is 11.6. The van der Waals surface area contributed by atoms with E-state index in [0.717, 1.165) is 23.7 Å². The monoisotopic (exact) mass is 407 g/mol. The quantitative estimate of drug-likeness (QED) is 0.389. The fraction of sp³-hybridized carbons (Fsp3) is 0.316. The van der Waals surface area contributed by atoms with Crippen molar-refractivity contribution < 1.29 is 22.3 Å². The van der Waals surface area contributed by atoms with Crippen LogP contribution in [0.2, 0.25) is 0 Å². The predicted octanol–water partition coefficient (Wildman–Crippen LogP) is 4.19. The lowest BCUT2D eigenvalue weighted by atomic mass is 10.3. The van der Waals surface area contributed by atoms with E-state index >= 15 is 0 Å². The Morgan fingerprint density at radius 1 is 1.11 bits per heavy atom. The topological polar surface area (TPSA) is 78.6 Å². The highest BCUT2D eigenvalue weighted by Gasteiger charge is 2.14. The Hall–Kier alpha value is -2.19. The number of sulfone groups is 1. The summed E-state index contributed by atoms with van der Waals surface area (Å²) in [5.41, 5.74) is 1.14. The molecule has 0 saturated heterocycles. The standard InChI is InChI=1S/C19H21NO5S2/c1-3-27(21,22)16-9-10-18-17(13-16)20-19(25-18)26-12-4-11-24-15-7-5-14(23-2)6-8-15/h5-10,13H,3-4,11-12H2,1-2H3. The molecule has 2 aromatic carbocycles. The molecule has 1 heterocycles. The van der Waals surface area contributed by atoms with Gasteiger partial charge in [-0.25, -0.2) is 13.4 Å². The van der Waals surface area contributed by atoms with Gasteiger partial charge in [-0.3, -0.25) is 0 Å². The number of methoxy groups -OCH3 is 1. The number of hydrogen-bond donors (Lipinski definition) is 0. The van der Waals surface area contributed by atoms with Crippen LogP contribution in [0.15, 0.2) is 57.0 Å². The molecule has 0 spiro atoms. The molecule has 0 unspecified atom stereocenters. The average molecular weight is 408 g/mol. The van der Waals surface area contributed by atoms with Gasteiger partial charge in [0, 0.05) is 5.75 Å². The minimum Gasteiger partial charge on any atom is -0.497 e. The van der Waals surface area contributed by atoms with Crippen LogP contribution in [0.4, 0.5) is 0 Å². The molecule has 6 nitrogen and oxygen atoms in total. The van der Waals surface area contributed by atoms with E-state index in [1.54, 1.807) is 32.2 Å². The maximum atomic E-state index is 12.0. The van der Waals surface area contributed by atoms with Gasteiger partial charge < -0.3 is 13.9 Å². The van der Waals surface area contributed by atoms with Crippen molar-refractivity contribution in [1.29, 1.82) is 0 Å². The van der Waals surface area contributed by atoms with Gasteiger partial charge in [-0.15, -0.1) is 0 Å². The number of rotatable bonds is 9. The molecule has 0 aliphatic heterocycles. The number of aromatic nitrogens is 1. The SMILES string of the molecule is CCS(=O)(=O)c1ccc2oc(SCCCOc3ccc(OC)cc3)nc2c1. The molecule has 0 fully saturated rings. The van der Waals surface area contributed by atoms with Crippen LogP contribution < -0.4 is 9.47 Å². The summed E-state index contributed by atoms with van der Waals surface area (Å²) in [5.74, 6) is 2.44. The maximum absolute atomic E-state index is 12.0. The van der Waals surface area contributed by atoms with E-state index in [0.29, 0.717) is 22.9 Å². The van der Waals surface area contributed by atoms with E-state index in [4.69, 9.17) is 13.9 Å². The summed E-state index contributed by atoms with van der Waals surface area (Å²) in [7, 11) is -1.62. The summed E-state index contributed by atoms with van der Waals surface area (Å²) in [4.78, 5) is 4.65. The van der Waals surface area contributed by atoms with Crippen molar-refractivity contribution >= 4 is 32.7 Å². The van der Waals surface area contributed by atoms with E-state index in [2.05, 4.69) is 4.98 Å². The molecule has 144 valence electrons. The van der Waals surface area contributed by atoms with Crippen molar-refractivity contribution in [1.82, 2.24) is 4.98 Å². The minimum absolute atomic E-state index is 0.0617. The van der Waals surface area contributed by atoms with Gasteiger partial charge in [0.25, 0.3) is 5.22 Å². The van der Waals surface area contributed by atoms with E-state index < -0.39 is 9.84 Å². The lowest BCUT2D eigenvalue weighted by Gasteiger charge is -2.06. The number of thioether (sulfide) groups is 1. The van der Waals surface area contributed by atoms with Gasteiger partial charge in [0.15, 0.2) is 15.4 Å². The summed E-state index contributed by atoms with van der Waals surface area (Å²) >= 11 is 1.48. The number of oxazole rings is 1. The number of ether oxygens (including phenoxy) is 2. The Morgan fingerprint density at radius 2 is 1.85 bits per heavy atom. The lowest BCUT2D eigenvalue weighted by Crippen LogP contribution is -2.03. The van der Waals surface area contributed by atoms with Crippen LogP contribution in [0.1, 0.15) is 13.3 Å². The predicted molar refractivity (Wildman–Crippen MR) is 106 cm³/mol. The first kappa shape index (κ1) is 19.6. The second kappa shape index (κ2) is 8.67. The summed E-state index contributed by atoms with van der Waals surface area (Å²) < 4.78 is 40.4. The van der Waals surface area contributed by atoms with Gasteiger partial charge >= 0.3 is 0 Å². The molecule has 0 aliphatic carbocycles. The Bertz CT molecular complexity index is 997. The van der Waals surface area contributed by atoms with Gasteiger partial charge in [0.2, 0.25) is 0 Å². The van der Waals surface area contributed by atoms with Crippen LogP contribution in [0.3, 0.4) is 0 Å². The van der Waals surface area contributed by atoms with Crippen LogP contribution in [0, 0.1) is 0 Å². The van der Waals surface area contributed by atoms with Crippen LogP contribution in [-0.4, -0.2) is 38.6 Å². The molecule has 0 amide bonds. The largest absolute Gasteiger partial charge is 0.497 e. The Balaban J connectivity index is 1.51. The van der Waals surface area contributed by atoms with Crippen LogP contribution >= 0.6 is 11.8 Å². The lowest BCUT2D eigenvalue weighted by molar-refractivity contribution is 0.317. The highest BCUT2D eigenvalue weighted by molar-refractivity contribution is 7.99. The summed E-state index contributed by atoms with van der Waals surface area (Å²) in [6.45, 7) is 2.20. The van der Waals surface area contributed by atoms with Crippen molar-refractivity contribution in [3.05, 3.63) is 42.5 Å². The molecule has 3 aromatic rings. The van der Waals surface area contributed by atoms with Crippen molar-refractivity contribution in [2.45, 2.75) is 23.5 Å². The average Bonchev–Trinajstić information content (AvgIpc) is 3.10. The highest BCUT2D eigenvalue weighted by Crippen LogP contribution is 2.26. The van der Waals surface area contributed by atoms with Crippen LogP contribution in [-0.2, 0) is 9.84 Å². The molecule has 0 N–H and O–H groups in total. The molecular formula is C19H21NO5S2.